The number of amides is 1. The van der Waals surface area contributed by atoms with Crippen LogP contribution in [0.5, 0.6) is 0 Å². The number of alkyl carbamates (subject to hydrolysis) is 1. The third kappa shape index (κ3) is 12.1. The summed E-state index contributed by atoms with van der Waals surface area (Å²) < 4.78 is 17.0. The maximum Gasteiger partial charge on any atom is 0.407 e. The molecule has 0 bridgehead atoms. The van der Waals surface area contributed by atoms with Crippen molar-refractivity contribution >= 4 is 20.4 Å². The molecule has 186 valence electrons. The minimum atomic E-state index is -1.81. The van der Waals surface area contributed by atoms with Crippen molar-refractivity contribution in [1.29, 1.82) is 0 Å². The van der Waals surface area contributed by atoms with Crippen LogP contribution in [0.1, 0.15) is 60.5 Å². The van der Waals surface area contributed by atoms with Crippen LogP contribution in [0.15, 0.2) is 42.5 Å². The zero-order valence-corrected chi connectivity index (χ0v) is 22.9. The molecule has 6 nitrogen and oxygen atoms in total. The summed E-state index contributed by atoms with van der Waals surface area (Å²) in [6, 6.07) is 9.27. The molecule has 7 heteroatoms. The molecule has 0 radical (unpaired) electrons. The van der Waals surface area contributed by atoms with Gasteiger partial charge >= 0.3 is 12.1 Å². The van der Waals surface area contributed by atoms with Crippen molar-refractivity contribution in [1.82, 2.24) is 5.32 Å². The lowest BCUT2D eigenvalue weighted by molar-refractivity contribution is -0.146. The number of ether oxygens (including phenoxy) is 2. The number of carbonyl (C=O) groups excluding carboxylic acids is 2. The van der Waals surface area contributed by atoms with E-state index in [0.717, 1.165) is 5.56 Å². The number of rotatable bonds is 10. The van der Waals surface area contributed by atoms with Crippen LogP contribution in [-0.2, 0) is 25.1 Å². The van der Waals surface area contributed by atoms with Crippen LogP contribution in [0.2, 0.25) is 18.1 Å². The topological polar surface area (TPSA) is 73.9 Å². The van der Waals surface area contributed by atoms with Gasteiger partial charge in [-0.1, -0.05) is 57.2 Å². The van der Waals surface area contributed by atoms with Crippen LogP contribution in [0.25, 0.3) is 0 Å². The van der Waals surface area contributed by atoms with E-state index in [1.807, 2.05) is 49.4 Å². The molecule has 0 heterocycles. The minimum Gasteiger partial charge on any atom is -0.458 e. The molecule has 1 rings (SSSR count). The van der Waals surface area contributed by atoms with Gasteiger partial charge in [-0.3, -0.25) is 4.79 Å². The Hall–Kier alpha value is -2.12. The van der Waals surface area contributed by atoms with E-state index in [9.17, 15) is 9.59 Å². The molecular formula is C26H43NO5Si. The van der Waals surface area contributed by atoms with E-state index in [2.05, 4.69) is 39.2 Å². The van der Waals surface area contributed by atoms with E-state index in [0.29, 0.717) is 13.0 Å². The fourth-order valence-corrected chi connectivity index (χ4v) is 3.71. The van der Waals surface area contributed by atoms with Crippen molar-refractivity contribution in [2.24, 2.45) is 0 Å². The molecule has 1 aromatic carbocycles. The van der Waals surface area contributed by atoms with Gasteiger partial charge in [-0.15, -0.1) is 0 Å². The van der Waals surface area contributed by atoms with E-state index >= 15 is 0 Å². The molecule has 0 aliphatic carbocycles. The van der Waals surface area contributed by atoms with Gasteiger partial charge in [0.05, 0.1) is 13.0 Å². The second kappa shape index (κ2) is 12.4. The normalized spacial score (nSPS) is 14.6. The van der Waals surface area contributed by atoms with Gasteiger partial charge in [0.1, 0.15) is 11.7 Å². The first kappa shape index (κ1) is 28.9. The molecule has 0 aromatic heterocycles. The Kier molecular flexibility index (Phi) is 10.8. The fraction of sp³-hybridized carbons (Fsp3) is 0.615. The van der Waals surface area contributed by atoms with Crippen LogP contribution in [-0.4, -0.2) is 44.7 Å². The zero-order valence-electron chi connectivity index (χ0n) is 21.9. The molecule has 2 atom stereocenters. The summed E-state index contributed by atoms with van der Waals surface area (Å²) in [6.45, 7) is 18.7. The van der Waals surface area contributed by atoms with Crippen molar-refractivity contribution in [3.8, 4) is 0 Å². The van der Waals surface area contributed by atoms with Crippen LogP contribution < -0.4 is 5.32 Å². The summed E-state index contributed by atoms with van der Waals surface area (Å²) in [5.74, 6) is -0.380. The number of nitrogens with one attached hydrogen (secondary N) is 1. The minimum absolute atomic E-state index is 0.0484. The number of carbonyl (C=O) groups is 2. The maximum atomic E-state index is 12.6. The molecule has 0 unspecified atom stereocenters. The second-order valence-electron chi connectivity index (χ2n) is 10.9. The van der Waals surface area contributed by atoms with Gasteiger partial charge in [-0.05, 0) is 63.9 Å². The van der Waals surface area contributed by atoms with E-state index in [1.54, 1.807) is 20.8 Å². The first-order valence-electron chi connectivity index (χ1n) is 11.6. The summed E-state index contributed by atoms with van der Waals surface area (Å²) in [5, 5.41) is 2.96. The average Bonchev–Trinajstić information content (AvgIpc) is 2.63. The highest BCUT2D eigenvalue weighted by atomic mass is 28.4. The Morgan fingerprint density at radius 1 is 1.06 bits per heavy atom. The third-order valence-electron chi connectivity index (χ3n) is 5.53. The number of hydrogen-bond donors (Lipinski definition) is 1. The molecule has 0 fully saturated rings. The van der Waals surface area contributed by atoms with Gasteiger partial charge in [0.2, 0.25) is 0 Å². The predicted octanol–water partition coefficient (Wildman–Crippen LogP) is 6.02. The molecule has 0 spiro atoms. The number of benzene rings is 1. The van der Waals surface area contributed by atoms with Gasteiger partial charge < -0.3 is 19.2 Å². The molecule has 0 saturated heterocycles. The molecule has 1 aromatic rings. The summed E-state index contributed by atoms with van der Waals surface area (Å²) >= 11 is 0. The highest BCUT2D eigenvalue weighted by Gasteiger charge is 2.36. The standard InChI is InChI=1S/C26H43NO5Si/c1-20(14-13-17-30-33(8,9)26(5,6)7)31-23(28)19-22(18-21-15-11-10-12-16-21)27-24(29)32-25(2,3)4/h10-16,20,22H,17-19H2,1-9H3,(H,27,29)/b14-13+/t20-,22-/m0/s1. The highest BCUT2D eigenvalue weighted by molar-refractivity contribution is 6.74. The molecule has 0 saturated carbocycles. The SMILES string of the molecule is C[C@@H](/C=C/CO[Si](C)(C)C(C)(C)C)OC(=O)C[C@H](Cc1ccccc1)NC(=O)OC(C)(C)C. The maximum absolute atomic E-state index is 12.6. The molecule has 0 aliphatic heterocycles. The third-order valence-corrected chi connectivity index (χ3v) is 10.0. The lowest BCUT2D eigenvalue weighted by atomic mass is 10.0. The largest absolute Gasteiger partial charge is 0.458 e. The van der Waals surface area contributed by atoms with Gasteiger partial charge in [0.15, 0.2) is 8.32 Å². The van der Waals surface area contributed by atoms with Gasteiger partial charge in [0.25, 0.3) is 0 Å². The molecule has 0 aliphatic rings. The van der Waals surface area contributed by atoms with E-state index in [-0.39, 0.29) is 23.5 Å². The van der Waals surface area contributed by atoms with Crippen LogP contribution >= 0.6 is 0 Å². The van der Waals surface area contributed by atoms with Gasteiger partial charge in [-0.2, -0.15) is 0 Å². The van der Waals surface area contributed by atoms with E-state index in [4.69, 9.17) is 13.9 Å². The zero-order chi connectivity index (χ0) is 25.3. The summed E-state index contributed by atoms with van der Waals surface area (Å²) in [7, 11) is -1.81. The Balaban J connectivity index is 2.65. The average molecular weight is 478 g/mol. The smallest absolute Gasteiger partial charge is 0.407 e. The number of hydrogen-bond acceptors (Lipinski definition) is 5. The van der Waals surface area contributed by atoms with Crippen molar-refractivity contribution in [3.05, 3.63) is 48.0 Å². The molecule has 33 heavy (non-hydrogen) atoms. The van der Waals surface area contributed by atoms with Crippen molar-refractivity contribution < 1.29 is 23.5 Å². The Morgan fingerprint density at radius 2 is 1.67 bits per heavy atom. The Bertz CT molecular complexity index is 778. The lowest BCUT2D eigenvalue weighted by Crippen LogP contribution is -2.41. The molecule has 1 N–H and O–H groups in total. The van der Waals surface area contributed by atoms with Gasteiger partial charge in [-0.25, -0.2) is 4.79 Å². The molecular weight excluding hydrogens is 434 g/mol. The van der Waals surface area contributed by atoms with E-state index in [1.165, 1.54) is 0 Å². The summed E-state index contributed by atoms with van der Waals surface area (Å²) in [6.07, 6.45) is 3.34. The van der Waals surface area contributed by atoms with Gasteiger partial charge in [0, 0.05) is 6.04 Å². The quantitative estimate of drug-likeness (QED) is 0.253. The Labute approximate surface area is 201 Å². The van der Waals surface area contributed by atoms with Crippen molar-refractivity contribution in [3.63, 3.8) is 0 Å². The van der Waals surface area contributed by atoms with Crippen molar-refractivity contribution in [2.45, 2.75) is 97.2 Å². The Morgan fingerprint density at radius 3 is 2.21 bits per heavy atom. The fourth-order valence-electron chi connectivity index (χ4n) is 2.76. The number of esters is 1. The highest BCUT2D eigenvalue weighted by Crippen LogP contribution is 2.36. The predicted molar refractivity (Wildman–Crippen MR) is 136 cm³/mol. The first-order chi connectivity index (χ1) is 15.1. The lowest BCUT2D eigenvalue weighted by Gasteiger charge is -2.35. The van der Waals surface area contributed by atoms with Crippen LogP contribution in [0.4, 0.5) is 4.79 Å². The van der Waals surface area contributed by atoms with Crippen LogP contribution in [0.3, 0.4) is 0 Å². The first-order valence-corrected chi connectivity index (χ1v) is 14.5. The van der Waals surface area contributed by atoms with Crippen molar-refractivity contribution in [2.75, 3.05) is 6.61 Å². The molecule has 1 amide bonds. The summed E-state index contributed by atoms with van der Waals surface area (Å²) in [4.78, 5) is 24.9. The van der Waals surface area contributed by atoms with E-state index < -0.39 is 26.1 Å². The summed E-state index contributed by atoms with van der Waals surface area (Å²) in [5.41, 5.74) is 0.398. The monoisotopic (exact) mass is 477 g/mol. The second-order valence-corrected chi connectivity index (χ2v) is 15.7. The van der Waals surface area contributed by atoms with Crippen LogP contribution in [0, 0.1) is 0 Å².